The smallest absolute Gasteiger partial charge is 0.315 e. The topological polar surface area (TPSA) is 44.4 Å². The fourth-order valence-corrected chi connectivity index (χ4v) is 1.85. The maximum Gasteiger partial charge on any atom is 0.315 e. The van der Waals surface area contributed by atoms with E-state index >= 15 is 0 Å². The molecule has 2 N–H and O–H groups in total. The summed E-state index contributed by atoms with van der Waals surface area (Å²) >= 11 is 0. The molecular weight excluding hydrogens is 190 g/mol. The SMILES string of the molecule is CCNC(=O)NC(C)CN1CC[CH]CC1. The number of rotatable bonds is 4. The molecule has 0 aliphatic carbocycles. The van der Waals surface area contributed by atoms with Crippen LogP contribution in [0.2, 0.25) is 0 Å². The van der Waals surface area contributed by atoms with Gasteiger partial charge in [-0.15, -0.1) is 0 Å². The molecule has 1 radical (unpaired) electrons. The Morgan fingerprint density at radius 2 is 2.13 bits per heavy atom. The molecular formula is C11H22N3O. The van der Waals surface area contributed by atoms with Gasteiger partial charge < -0.3 is 15.5 Å². The van der Waals surface area contributed by atoms with Gasteiger partial charge in [-0.25, -0.2) is 4.79 Å². The summed E-state index contributed by atoms with van der Waals surface area (Å²) < 4.78 is 0. The van der Waals surface area contributed by atoms with Gasteiger partial charge in [0.15, 0.2) is 0 Å². The first-order valence-corrected chi connectivity index (χ1v) is 5.80. The molecule has 2 amide bonds. The fraction of sp³-hybridized carbons (Fsp3) is 0.818. The Hall–Kier alpha value is -0.770. The average Bonchev–Trinajstić information content (AvgIpc) is 2.19. The second-order valence-corrected chi connectivity index (χ2v) is 4.07. The monoisotopic (exact) mass is 212 g/mol. The van der Waals surface area contributed by atoms with Gasteiger partial charge in [0, 0.05) is 19.1 Å². The molecule has 4 heteroatoms. The maximum absolute atomic E-state index is 11.2. The Labute approximate surface area is 92.4 Å². The number of amides is 2. The van der Waals surface area contributed by atoms with Crippen molar-refractivity contribution < 1.29 is 4.79 Å². The van der Waals surface area contributed by atoms with Crippen LogP contribution < -0.4 is 10.6 Å². The van der Waals surface area contributed by atoms with E-state index in [0.717, 1.165) is 19.6 Å². The summed E-state index contributed by atoms with van der Waals surface area (Å²) in [5.41, 5.74) is 0. The van der Waals surface area contributed by atoms with Gasteiger partial charge in [0.2, 0.25) is 0 Å². The van der Waals surface area contributed by atoms with Crippen molar-refractivity contribution in [1.29, 1.82) is 0 Å². The Balaban J connectivity index is 2.16. The van der Waals surface area contributed by atoms with Gasteiger partial charge in [-0.2, -0.15) is 0 Å². The summed E-state index contributed by atoms with van der Waals surface area (Å²) in [6, 6.07) is 0.156. The normalized spacial score (nSPS) is 19.6. The number of carbonyl (C=O) groups is 1. The molecule has 1 aliphatic heterocycles. The number of urea groups is 1. The van der Waals surface area contributed by atoms with Crippen LogP contribution in [0.4, 0.5) is 4.79 Å². The summed E-state index contributed by atoms with van der Waals surface area (Å²) in [5, 5.41) is 5.67. The highest BCUT2D eigenvalue weighted by molar-refractivity contribution is 5.74. The fourth-order valence-electron chi connectivity index (χ4n) is 1.85. The van der Waals surface area contributed by atoms with E-state index < -0.39 is 0 Å². The number of nitrogens with zero attached hydrogens (tertiary/aromatic N) is 1. The van der Waals surface area contributed by atoms with Crippen molar-refractivity contribution in [3.63, 3.8) is 0 Å². The number of hydrogen-bond donors (Lipinski definition) is 2. The third kappa shape index (κ3) is 5.02. The van der Waals surface area contributed by atoms with Gasteiger partial charge >= 0.3 is 6.03 Å². The molecule has 15 heavy (non-hydrogen) atoms. The van der Waals surface area contributed by atoms with Crippen LogP contribution in [0.25, 0.3) is 0 Å². The van der Waals surface area contributed by atoms with Crippen LogP contribution in [0.3, 0.4) is 0 Å². The predicted molar refractivity (Wildman–Crippen MR) is 61.6 cm³/mol. The van der Waals surface area contributed by atoms with Gasteiger partial charge in [0.1, 0.15) is 0 Å². The standard InChI is InChI=1S/C11H22N3O/c1-3-12-11(15)13-10(2)9-14-7-5-4-6-8-14/h4,10H,3,5-9H2,1-2H3,(H2,12,13,15). The average molecular weight is 212 g/mol. The zero-order valence-electron chi connectivity index (χ0n) is 9.75. The Morgan fingerprint density at radius 1 is 1.47 bits per heavy atom. The minimum atomic E-state index is -0.0615. The van der Waals surface area contributed by atoms with Gasteiger partial charge in [0.05, 0.1) is 0 Å². The molecule has 1 atom stereocenters. The summed E-state index contributed by atoms with van der Waals surface area (Å²) in [6.07, 6.45) is 4.68. The van der Waals surface area contributed by atoms with Crippen LogP contribution >= 0.6 is 0 Å². The molecule has 0 saturated carbocycles. The number of nitrogens with one attached hydrogen (secondary N) is 2. The zero-order valence-corrected chi connectivity index (χ0v) is 9.75. The summed E-state index contributed by atoms with van der Waals surface area (Å²) in [4.78, 5) is 13.6. The lowest BCUT2D eigenvalue weighted by Gasteiger charge is -2.29. The van der Waals surface area contributed by atoms with Gasteiger partial charge in [0.25, 0.3) is 0 Å². The van der Waals surface area contributed by atoms with Crippen molar-refractivity contribution in [2.24, 2.45) is 0 Å². The minimum Gasteiger partial charge on any atom is -0.338 e. The molecule has 0 bridgehead atoms. The van der Waals surface area contributed by atoms with Crippen LogP contribution in [-0.2, 0) is 0 Å². The van der Waals surface area contributed by atoms with Crippen molar-refractivity contribution in [3.05, 3.63) is 6.42 Å². The molecule has 1 fully saturated rings. The lowest BCUT2D eigenvalue weighted by Crippen LogP contribution is -2.47. The van der Waals surface area contributed by atoms with E-state index in [-0.39, 0.29) is 12.1 Å². The third-order valence-corrected chi connectivity index (χ3v) is 2.55. The quantitative estimate of drug-likeness (QED) is 0.730. The summed E-state index contributed by atoms with van der Waals surface area (Å²) in [5.74, 6) is 0. The molecule has 1 saturated heterocycles. The van der Waals surface area contributed by atoms with Crippen molar-refractivity contribution in [2.45, 2.75) is 32.7 Å². The van der Waals surface area contributed by atoms with Crippen LogP contribution in [0.1, 0.15) is 26.7 Å². The third-order valence-electron chi connectivity index (χ3n) is 2.55. The predicted octanol–water partition coefficient (Wildman–Crippen LogP) is 0.994. The van der Waals surface area contributed by atoms with Crippen LogP contribution in [0.15, 0.2) is 0 Å². The highest BCUT2D eigenvalue weighted by atomic mass is 16.2. The number of likely N-dealkylation sites (tertiary alicyclic amines) is 1. The summed E-state index contributed by atoms with van der Waals surface area (Å²) in [6.45, 7) is 7.85. The molecule has 0 spiro atoms. The van der Waals surface area contributed by atoms with Crippen LogP contribution in [-0.4, -0.2) is 43.2 Å². The molecule has 87 valence electrons. The second kappa shape index (κ2) is 6.67. The Bertz CT molecular complexity index is 190. The second-order valence-electron chi connectivity index (χ2n) is 4.07. The van der Waals surface area contributed by atoms with E-state index in [1.165, 1.54) is 12.8 Å². The molecule has 1 rings (SSSR count). The zero-order chi connectivity index (χ0) is 11.1. The lowest BCUT2D eigenvalue weighted by molar-refractivity contribution is 0.216. The maximum atomic E-state index is 11.2. The molecule has 1 unspecified atom stereocenters. The number of piperidine rings is 1. The van der Waals surface area contributed by atoms with Crippen molar-refractivity contribution in [2.75, 3.05) is 26.2 Å². The lowest BCUT2D eigenvalue weighted by atomic mass is 10.1. The number of hydrogen-bond acceptors (Lipinski definition) is 2. The van der Waals surface area contributed by atoms with E-state index in [1.807, 2.05) is 13.8 Å². The highest BCUT2D eigenvalue weighted by Crippen LogP contribution is 2.07. The molecule has 0 aromatic heterocycles. The first kappa shape index (κ1) is 12.3. The van der Waals surface area contributed by atoms with E-state index in [4.69, 9.17) is 0 Å². The molecule has 1 aliphatic rings. The van der Waals surface area contributed by atoms with E-state index in [0.29, 0.717) is 6.54 Å². The molecule has 0 aromatic carbocycles. The largest absolute Gasteiger partial charge is 0.338 e. The Morgan fingerprint density at radius 3 is 2.73 bits per heavy atom. The number of carbonyl (C=O) groups excluding carboxylic acids is 1. The molecule has 1 heterocycles. The molecule has 0 aromatic rings. The van der Waals surface area contributed by atoms with Crippen molar-refractivity contribution >= 4 is 6.03 Å². The van der Waals surface area contributed by atoms with Crippen molar-refractivity contribution in [3.8, 4) is 0 Å². The Kier molecular flexibility index (Phi) is 5.47. The van der Waals surface area contributed by atoms with Gasteiger partial charge in [-0.3, -0.25) is 0 Å². The van der Waals surface area contributed by atoms with E-state index in [2.05, 4.69) is 22.0 Å². The van der Waals surface area contributed by atoms with Gasteiger partial charge in [-0.05, 0) is 46.2 Å². The first-order valence-electron chi connectivity index (χ1n) is 5.80. The minimum absolute atomic E-state index is 0.0615. The van der Waals surface area contributed by atoms with Gasteiger partial charge in [-0.1, -0.05) is 0 Å². The first-order chi connectivity index (χ1) is 7.22. The highest BCUT2D eigenvalue weighted by Gasteiger charge is 2.14. The van der Waals surface area contributed by atoms with E-state index in [9.17, 15) is 4.79 Å². The summed E-state index contributed by atoms with van der Waals surface area (Å²) in [7, 11) is 0. The van der Waals surface area contributed by atoms with Crippen LogP contribution in [0, 0.1) is 6.42 Å². The van der Waals surface area contributed by atoms with E-state index in [1.54, 1.807) is 0 Å². The molecule has 4 nitrogen and oxygen atoms in total. The van der Waals surface area contributed by atoms with Crippen LogP contribution in [0.5, 0.6) is 0 Å². The van der Waals surface area contributed by atoms with Crippen molar-refractivity contribution in [1.82, 2.24) is 15.5 Å².